The SMILES string of the molecule is [2H]CC(=N[2H])NCCCC(N[2H])C(C)=O. The van der Waals surface area contributed by atoms with Gasteiger partial charge in [-0.05, 0) is 26.7 Å². The first-order chi connectivity index (χ1) is 7.15. The van der Waals surface area contributed by atoms with E-state index in [9.17, 15) is 4.79 Å². The molecular formula is C8H17N3O. The predicted molar refractivity (Wildman–Crippen MR) is 49.3 cm³/mol. The molecule has 4 N–H and O–H groups in total. The maximum atomic E-state index is 10.9. The van der Waals surface area contributed by atoms with Gasteiger partial charge in [-0.25, -0.2) is 0 Å². The van der Waals surface area contributed by atoms with Crippen LogP contribution in [-0.4, -0.2) is 24.2 Å². The van der Waals surface area contributed by atoms with Gasteiger partial charge >= 0.3 is 0 Å². The van der Waals surface area contributed by atoms with Crippen LogP contribution >= 0.6 is 0 Å². The predicted octanol–water partition coefficient (Wildman–Crippen LogP) is 0.270. The number of carbonyl (C=O) groups is 1. The first-order valence-electron chi connectivity index (χ1n) is 5.52. The van der Waals surface area contributed by atoms with E-state index in [1.165, 1.54) is 6.92 Å². The van der Waals surface area contributed by atoms with Gasteiger partial charge in [0, 0.05) is 7.92 Å². The number of ketones is 1. The maximum absolute atomic E-state index is 10.9. The molecule has 0 aliphatic heterocycles. The van der Waals surface area contributed by atoms with E-state index in [1.54, 1.807) is 0 Å². The van der Waals surface area contributed by atoms with Crippen molar-refractivity contribution in [3.05, 3.63) is 0 Å². The van der Waals surface area contributed by atoms with Gasteiger partial charge < -0.3 is 11.0 Å². The highest BCUT2D eigenvalue weighted by molar-refractivity contribution is 5.81. The average Bonchev–Trinajstić information content (AvgIpc) is 2.23. The first-order valence-corrected chi connectivity index (χ1v) is 3.87. The van der Waals surface area contributed by atoms with E-state index in [4.69, 9.17) is 4.19 Å². The summed E-state index contributed by atoms with van der Waals surface area (Å²) < 4.78 is 20.6. The Morgan fingerprint density at radius 1 is 2.00 bits per heavy atom. The van der Waals surface area contributed by atoms with Crippen LogP contribution in [0.25, 0.3) is 0 Å². The molecule has 70 valence electrons. The van der Waals surface area contributed by atoms with Crippen LogP contribution in [0.5, 0.6) is 0 Å². The van der Waals surface area contributed by atoms with Gasteiger partial charge in [0.2, 0.25) is 0 Å². The minimum absolute atomic E-state index is 0.0453. The summed E-state index contributed by atoms with van der Waals surface area (Å²) in [5, 5.41) is 5.94. The molecule has 0 bridgehead atoms. The lowest BCUT2D eigenvalue weighted by Crippen LogP contribution is -2.30. The third-order valence-corrected chi connectivity index (χ3v) is 1.49. The molecule has 1 atom stereocenters. The summed E-state index contributed by atoms with van der Waals surface area (Å²) in [7, 11) is 0. The Kier molecular flexibility index (Phi) is 3.14. The molecule has 0 rings (SSSR count). The minimum atomic E-state index is -0.431. The Bertz CT molecular complexity index is 223. The van der Waals surface area contributed by atoms with E-state index < -0.39 is 6.04 Å². The van der Waals surface area contributed by atoms with Crippen molar-refractivity contribution in [2.45, 2.75) is 32.7 Å². The second-order valence-corrected chi connectivity index (χ2v) is 2.68. The summed E-state index contributed by atoms with van der Waals surface area (Å²) in [6.07, 6.45) is 1.25. The molecule has 0 heterocycles. The molecule has 12 heavy (non-hydrogen) atoms. The van der Waals surface area contributed by atoms with Gasteiger partial charge in [-0.2, -0.15) is 0 Å². The quantitative estimate of drug-likeness (QED) is 0.307. The molecule has 0 aromatic rings. The minimum Gasteiger partial charge on any atom is -0.374 e. The van der Waals surface area contributed by atoms with E-state index in [-0.39, 0.29) is 12.7 Å². The second kappa shape index (κ2) is 5.71. The average molecular weight is 174 g/mol. The van der Waals surface area contributed by atoms with Crippen LogP contribution in [-0.2, 0) is 4.79 Å². The van der Waals surface area contributed by atoms with E-state index in [2.05, 4.69) is 16.4 Å². The van der Waals surface area contributed by atoms with Gasteiger partial charge in [0.15, 0.2) is 1.41 Å². The van der Waals surface area contributed by atoms with Crippen LogP contribution in [0.3, 0.4) is 0 Å². The number of hydrogen-bond donors (Lipinski definition) is 3. The summed E-state index contributed by atoms with van der Waals surface area (Å²) in [5.41, 5.74) is 2.19. The molecule has 0 saturated carbocycles. The Hall–Kier alpha value is -0.900. The first kappa shape index (κ1) is 6.60. The third kappa shape index (κ3) is 5.85. The molecule has 0 radical (unpaired) electrons. The van der Waals surface area contributed by atoms with Gasteiger partial charge in [-0.15, -0.1) is 0 Å². The van der Waals surface area contributed by atoms with Crippen LogP contribution < -0.4 is 11.0 Å². The van der Waals surface area contributed by atoms with Crippen LogP contribution in [0.15, 0.2) is 0 Å². The van der Waals surface area contributed by atoms with E-state index in [0.29, 0.717) is 25.2 Å². The monoisotopic (exact) mass is 174 g/mol. The number of amidine groups is 1. The van der Waals surface area contributed by atoms with Crippen molar-refractivity contribution in [1.82, 2.24) is 5.32 Å². The summed E-state index contributed by atoms with van der Waals surface area (Å²) >= 11 is 0. The number of Topliss-reactive ketones (excluding diaryl/α,β-unsaturated/α-hetero) is 1. The van der Waals surface area contributed by atoms with Gasteiger partial charge in [0.05, 0.1) is 11.9 Å². The van der Waals surface area contributed by atoms with Gasteiger partial charge in [-0.1, -0.05) is 0 Å². The summed E-state index contributed by atoms with van der Waals surface area (Å²) in [4.78, 5) is 10.9. The summed E-state index contributed by atoms with van der Waals surface area (Å²) in [6.45, 7) is 1.96. The van der Waals surface area contributed by atoms with Crippen molar-refractivity contribution in [2.24, 2.45) is 5.73 Å². The maximum Gasteiger partial charge on any atom is 0.189 e. The van der Waals surface area contributed by atoms with E-state index in [1.807, 2.05) is 0 Å². The molecule has 4 nitrogen and oxygen atoms in total. The molecule has 0 amide bonds. The normalized spacial score (nSPS) is 17.4. The van der Waals surface area contributed by atoms with Crippen LogP contribution in [0.1, 0.15) is 28.0 Å². The highest BCUT2D eigenvalue weighted by Crippen LogP contribution is 1.93. The molecular weight excluding hydrogens is 154 g/mol. The molecule has 0 aliphatic carbocycles. The van der Waals surface area contributed by atoms with E-state index >= 15 is 0 Å². The van der Waals surface area contributed by atoms with Crippen molar-refractivity contribution >= 4 is 11.6 Å². The third-order valence-electron chi connectivity index (χ3n) is 1.49. The Labute approximate surface area is 77.4 Å². The fourth-order valence-corrected chi connectivity index (χ4v) is 0.742. The second-order valence-electron chi connectivity index (χ2n) is 2.68. The lowest BCUT2D eigenvalue weighted by atomic mass is 10.1. The van der Waals surface area contributed by atoms with Crippen LogP contribution in [0.4, 0.5) is 0 Å². The number of nitrogens with one attached hydrogen (secondary N) is 2. The standard InChI is InChI=1S/C8H17N3O/c1-6(12)8(10)4-3-5-11-7(2)9/h8H,3-5,10H2,1-2H3,(H2,9,11)/i2D/hD2. The zero-order valence-corrected chi connectivity index (χ0v) is 7.26. The van der Waals surface area contributed by atoms with Gasteiger partial charge in [0.25, 0.3) is 0 Å². The summed E-state index contributed by atoms with van der Waals surface area (Å²) in [5.74, 6) is 0.257. The zero-order chi connectivity index (χ0) is 11.7. The summed E-state index contributed by atoms with van der Waals surface area (Å²) in [6, 6.07) is -0.431. The lowest BCUT2D eigenvalue weighted by Gasteiger charge is -2.07. The molecule has 0 aromatic carbocycles. The molecule has 1 unspecified atom stereocenters. The van der Waals surface area contributed by atoms with Gasteiger partial charge in [-0.3, -0.25) is 10.2 Å². The van der Waals surface area contributed by atoms with Crippen LogP contribution in [0.2, 0.25) is 2.82 Å². The van der Waals surface area contributed by atoms with Gasteiger partial charge in [0.1, 0.15) is 7.20 Å². The van der Waals surface area contributed by atoms with E-state index in [0.717, 1.165) is 0 Å². The molecule has 0 aliphatic rings. The molecule has 4 heteroatoms. The highest BCUT2D eigenvalue weighted by Gasteiger charge is 2.06. The molecule has 0 aromatic heterocycles. The molecule has 0 spiro atoms. The van der Waals surface area contributed by atoms with Crippen molar-refractivity contribution < 1.29 is 8.99 Å². The zero-order valence-electron chi connectivity index (χ0n) is 10.3. The number of hydrogen-bond acceptors (Lipinski definition) is 3. The Balaban J connectivity index is 3.65. The number of rotatable bonds is 6. The molecule has 0 fully saturated rings. The Morgan fingerprint density at radius 2 is 2.83 bits per heavy atom. The highest BCUT2D eigenvalue weighted by atomic mass is 16.1. The smallest absolute Gasteiger partial charge is 0.189 e. The fraction of sp³-hybridized carbons (Fsp3) is 0.750. The van der Waals surface area contributed by atoms with Crippen molar-refractivity contribution in [3.8, 4) is 0 Å². The Morgan fingerprint density at radius 3 is 3.33 bits per heavy atom. The number of carbonyl (C=O) groups excluding carboxylic acids is 1. The topological polar surface area (TPSA) is 79.0 Å². The van der Waals surface area contributed by atoms with Crippen molar-refractivity contribution in [3.63, 3.8) is 0 Å². The molecule has 0 saturated heterocycles. The van der Waals surface area contributed by atoms with Crippen molar-refractivity contribution in [1.29, 1.82) is 5.40 Å². The number of nitrogens with two attached hydrogens (primary N) is 1. The van der Waals surface area contributed by atoms with Crippen molar-refractivity contribution in [2.75, 3.05) is 6.54 Å². The van der Waals surface area contributed by atoms with Crippen LogP contribution in [0, 0.1) is 5.40 Å². The largest absolute Gasteiger partial charge is 0.374 e. The lowest BCUT2D eigenvalue weighted by molar-refractivity contribution is -0.118. The fourth-order valence-electron chi connectivity index (χ4n) is 0.742.